The van der Waals surface area contributed by atoms with Crippen molar-refractivity contribution in [3.05, 3.63) is 35.8 Å². The fraction of sp³-hybridized carbons (Fsp3) is 0.412. The lowest BCUT2D eigenvalue weighted by molar-refractivity contribution is 0.345. The Hall–Kier alpha value is -2.30. The summed E-state index contributed by atoms with van der Waals surface area (Å²) in [7, 11) is 0. The standard InChI is InChI=1S/C17H22N4O/c1-2-3-4-7-10-21-11-14(22)15(16(21)18)17-19-12-8-5-6-9-13(12)20-17/h5-6,8-9,18,22H,2-4,7,10-11H2,1H3,(H,19,20). The Morgan fingerprint density at radius 3 is 2.86 bits per heavy atom. The van der Waals surface area contributed by atoms with Gasteiger partial charge in [-0.1, -0.05) is 38.3 Å². The average molecular weight is 298 g/mol. The molecule has 1 aromatic carbocycles. The maximum Gasteiger partial charge on any atom is 0.145 e. The number of hydrogen-bond acceptors (Lipinski definition) is 3. The first-order chi connectivity index (χ1) is 10.7. The molecule has 0 amide bonds. The molecule has 116 valence electrons. The van der Waals surface area contributed by atoms with Crippen molar-refractivity contribution < 1.29 is 5.11 Å². The summed E-state index contributed by atoms with van der Waals surface area (Å²) in [4.78, 5) is 9.62. The molecule has 1 aromatic heterocycles. The predicted molar refractivity (Wildman–Crippen MR) is 89.1 cm³/mol. The molecule has 2 aromatic rings. The van der Waals surface area contributed by atoms with Crippen molar-refractivity contribution in [1.82, 2.24) is 14.9 Å². The molecular weight excluding hydrogens is 276 g/mol. The van der Waals surface area contributed by atoms with Crippen LogP contribution in [-0.2, 0) is 0 Å². The number of nitrogens with one attached hydrogen (secondary N) is 2. The van der Waals surface area contributed by atoms with Crippen LogP contribution in [0.1, 0.15) is 38.4 Å². The van der Waals surface area contributed by atoms with Crippen LogP contribution in [0.25, 0.3) is 16.6 Å². The van der Waals surface area contributed by atoms with Crippen LogP contribution in [-0.4, -0.2) is 38.9 Å². The van der Waals surface area contributed by atoms with Crippen LogP contribution < -0.4 is 0 Å². The molecule has 2 heterocycles. The molecule has 0 atom stereocenters. The van der Waals surface area contributed by atoms with E-state index in [0.29, 0.717) is 23.8 Å². The zero-order chi connectivity index (χ0) is 15.5. The molecule has 0 saturated heterocycles. The number of nitrogens with zero attached hydrogens (tertiary/aromatic N) is 2. The summed E-state index contributed by atoms with van der Waals surface area (Å²) in [6.45, 7) is 3.41. The summed E-state index contributed by atoms with van der Waals surface area (Å²) in [5.74, 6) is 1.19. The molecule has 1 aliphatic rings. The van der Waals surface area contributed by atoms with E-state index in [1.807, 2.05) is 29.2 Å². The normalized spacial score (nSPS) is 15.3. The number of H-pyrrole nitrogens is 1. The Labute approximate surface area is 130 Å². The first-order valence-electron chi connectivity index (χ1n) is 7.91. The van der Waals surface area contributed by atoms with Crippen molar-refractivity contribution in [2.45, 2.75) is 32.6 Å². The number of benzene rings is 1. The van der Waals surface area contributed by atoms with Gasteiger partial charge in [0.05, 0.1) is 23.2 Å². The molecule has 22 heavy (non-hydrogen) atoms. The van der Waals surface area contributed by atoms with E-state index in [-0.39, 0.29) is 5.76 Å². The number of fused-ring (bicyclic) bond motifs is 1. The van der Waals surface area contributed by atoms with E-state index in [1.165, 1.54) is 19.3 Å². The van der Waals surface area contributed by atoms with Gasteiger partial charge in [0.25, 0.3) is 0 Å². The van der Waals surface area contributed by atoms with Gasteiger partial charge in [-0.25, -0.2) is 4.98 Å². The van der Waals surface area contributed by atoms with Gasteiger partial charge in [0, 0.05) is 6.54 Å². The average Bonchev–Trinajstić information content (AvgIpc) is 3.04. The largest absolute Gasteiger partial charge is 0.510 e. The minimum atomic E-state index is 0.236. The van der Waals surface area contributed by atoms with Crippen LogP contribution in [0.15, 0.2) is 30.0 Å². The summed E-state index contributed by atoms with van der Waals surface area (Å²) in [6, 6.07) is 7.75. The van der Waals surface area contributed by atoms with Crippen LogP contribution in [0.5, 0.6) is 0 Å². The third-order valence-corrected chi connectivity index (χ3v) is 4.09. The predicted octanol–water partition coefficient (Wildman–Crippen LogP) is 3.71. The highest BCUT2D eigenvalue weighted by Crippen LogP contribution is 2.27. The molecule has 0 bridgehead atoms. The van der Waals surface area contributed by atoms with Gasteiger partial charge in [0.1, 0.15) is 17.4 Å². The third-order valence-electron chi connectivity index (χ3n) is 4.09. The van der Waals surface area contributed by atoms with Crippen LogP contribution in [0.3, 0.4) is 0 Å². The highest BCUT2D eigenvalue weighted by molar-refractivity contribution is 6.23. The Balaban J connectivity index is 1.76. The van der Waals surface area contributed by atoms with E-state index in [1.54, 1.807) is 0 Å². The molecule has 3 N–H and O–H groups in total. The molecule has 1 aliphatic heterocycles. The maximum absolute atomic E-state index is 10.2. The van der Waals surface area contributed by atoms with Crippen LogP contribution in [0, 0.1) is 5.41 Å². The molecule has 0 radical (unpaired) electrons. The summed E-state index contributed by atoms with van der Waals surface area (Å²) in [6.07, 6.45) is 4.64. The van der Waals surface area contributed by atoms with Gasteiger partial charge in [-0.2, -0.15) is 0 Å². The molecule has 0 aliphatic carbocycles. The number of amidine groups is 1. The minimum absolute atomic E-state index is 0.236. The zero-order valence-corrected chi connectivity index (χ0v) is 12.9. The van der Waals surface area contributed by atoms with Crippen molar-refractivity contribution in [2.75, 3.05) is 13.1 Å². The van der Waals surface area contributed by atoms with E-state index in [4.69, 9.17) is 5.41 Å². The Kier molecular flexibility index (Phi) is 4.13. The number of aromatic nitrogens is 2. The number of hydrogen-bond donors (Lipinski definition) is 3. The molecule has 5 nitrogen and oxygen atoms in total. The Morgan fingerprint density at radius 2 is 2.09 bits per heavy atom. The summed E-state index contributed by atoms with van der Waals surface area (Å²) < 4.78 is 0. The van der Waals surface area contributed by atoms with Crippen LogP contribution >= 0.6 is 0 Å². The molecule has 0 fully saturated rings. The van der Waals surface area contributed by atoms with Gasteiger partial charge in [-0.3, -0.25) is 5.41 Å². The molecular formula is C17H22N4O. The lowest BCUT2D eigenvalue weighted by Gasteiger charge is -2.18. The number of aliphatic hydroxyl groups excluding tert-OH is 1. The van der Waals surface area contributed by atoms with E-state index >= 15 is 0 Å². The second-order valence-electron chi connectivity index (χ2n) is 5.76. The third kappa shape index (κ3) is 2.71. The van der Waals surface area contributed by atoms with E-state index < -0.39 is 0 Å². The van der Waals surface area contributed by atoms with Gasteiger partial charge < -0.3 is 15.0 Å². The first kappa shape index (κ1) is 14.6. The minimum Gasteiger partial charge on any atom is -0.510 e. The topological polar surface area (TPSA) is 76.0 Å². The maximum atomic E-state index is 10.2. The summed E-state index contributed by atoms with van der Waals surface area (Å²) in [5.41, 5.74) is 2.31. The smallest absolute Gasteiger partial charge is 0.145 e. The van der Waals surface area contributed by atoms with E-state index in [9.17, 15) is 5.11 Å². The van der Waals surface area contributed by atoms with Gasteiger partial charge in [-0.15, -0.1) is 0 Å². The quantitative estimate of drug-likeness (QED) is 0.712. The molecule has 0 unspecified atom stereocenters. The highest BCUT2D eigenvalue weighted by Gasteiger charge is 2.29. The van der Waals surface area contributed by atoms with Crippen molar-refractivity contribution in [3.8, 4) is 0 Å². The lowest BCUT2D eigenvalue weighted by Crippen LogP contribution is -2.27. The van der Waals surface area contributed by atoms with Crippen molar-refractivity contribution in [2.24, 2.45) is 0 Å². The summed E-state index contributed by atoms with van der Waals surface area (Å²) in [5, 5.41) is 18.6. The Morgan fingerprint density at radius 1 is 1.27 bits per heavy atom. The number of imidazole rings is 1. The van der Waals surface area contributed by atoms with Gasteiger partial charge in [0.15, 0.2) is 0 Å². The Bertz CT molecular complexity index is 683. The fourth-order valence-electron chi connectivity index (χ4n) is 2.87. The number of aromatic amines is 1. The van der Waals surface area contributed by atoms with Crippen molar-refractivity contribution in [1.29, 1.82) is 5.41 Å². The van der Waals surface area contributed by atoms with Crippen LogP contribution in [0.4, 0.5) is 0 Å². The summed E-state index contributed by atoms with van der Waals surface area (Å²) >= 11 is 0. The highest BCUT2D eigenvalue weighted by atomic mass is 16.3. The first-order valence-corrected chi connectivity index (χ1v) is 7.91. The number of unbranched alkanes of at least 4 members (excludes halogenated alkanes) is 3. The number of rotatable bonds is 6. The molecule has 5 heteroatoms. The molecule has 0 saturated carbocycles. The van der Waals surface area contributed by atoms with Crippen LogP contribution in [0.2, 0.25) is 0 Å². The second-order valence-corrected chi connectivity index (χ2v) is 5.76. The van der Waals surface area contributed by atoms with Gasteiger partial charge >= 0.3 is 0 Å². The van der Waals surface area contributed by atoms with Gasteiger partial charge in [0.2, 0.25) is 0 Å². The van der Waals surface area contributed by atoms with E-state index in [0.717, 1.165) is 24.0 Å². The lowest BCUT2D eigenvalue weighted by atomic mass is 10.2. The SMILES string of the molecule is CCCCCCN1CC(O)=C(c2nc3ccccc3[nH]2)C1=N. The second kappa shape index (κ2) is 6.22. The van der Waals surface area contributed by atoms with Crippen molar-refractivity contribution in [3.63, 3.8) is 0 Å². The molecule has 3 rings (SSSR count). The number of aliphatic hydroxyl groups is 1. The molecule has 0 spiro atoms. The van der Waals surface area contributed by atoms with Gasteiger partial charge in [-0.05, 0) is 18.6 Å². The van der Waals surface area contributed by atoms with E-state index in [2.05, 4.69) is 16.9 Å². The zero-order valence-electron chi connectivity index (χ0n) is 12.9. The number of para-hydroxylation sites is 2. The monoisotopic (exact) mass is 298 g/mol. The fourth-order valence-corrected chi connectivity index (χ4v) is 2.87. The van der Waals surface area contributed by atoms with Crippen molar-refractivity contribution >= 4 is 22.4 Å².